The Morgan fingerprint density at radius 3 is 2.40 bits per heavy atom. The second-order valence-corrected chi connectivity index (χ2v) is 5.30. The summed E-state index contributed by atoms with van der Waals surface area (Å²) in [6.45, 7) is 4.90. The van der Waals surface area contributed by atoms with Gasteiger partial charge in [-0.25, -0.2) is 4.79 Å². The van der Waals surface area contributed by atoms with Crippen LogP contribution in [0.25, 0.3) is 0 Å². The first-order valence-corrected chi connectivity index (χ1v) is 6.04. The molecule has 2 N–H and O–H groups in total. The summed E-state index contributed by atoms with van der Waals surface area (Å²) >= 11 is 0. The van der Waals surface area contributed by atoms with Crippen molar-refractivity contribution in [2.24, 2.45) is 5.73 Å². The second-order valence-electron chi connectivity index (χ2n) is 5.30. The minimum Gasteiger partial charge on any atom is -0.459 e. The van der Waals surface area contributed by atoms with E-state index >= 15 is 0 Å². The van der Waals surface area contributed by atoms with Crippen molar-refractivity contribution < 1.29 is 28.3 Å². The maximum atomic E-state index is 11.8. The van der Waals surface area contributed by atoms with Crippen LogP contribution in [-0.2, 0) is 4.74 Å². The van der Waals surface area contributed by atoms with E-state index in [0.717, 1.165) is 0 Å². The van der Waals surface area contributed by atoms with E-state index in [1.807, 2.05) is 0 Å². The highest BCUT2D eigenvalue weighted by molar-refractivity contribution is 6.27. The molecule has 0 atom stereocenters. The zero-order valence-corrected chi connectivity index (χ0v) is 11.4. The molecule has 0 spiro atoms. The first-order chi connectivity index (χ1) is 9.24. The molecule has 1 aliphatic rings. The first kappa shape index (κ1) is 14.3. The molecule has 2 rings (SSSR count). The minimum atomic E-state index is -0.893. The van der Waals surface area contributed by atoms with E-state index in [0.29, 0.717) is 0 Å². The fraction of sp³-hybridized carbons (Fsp3) is 0.462. The van der Waals surface area contributed by atoms with Crippen LogP contribution >= 0.6 is 0 Å². The average molecular weight is 281 g/mol. The third-order valence-electron chi connectivity index (χ3n) is 2.55. The summed E-state index contributed by atoms with van der Waals surface area (Å²) in [7, 11) is 0. The molecule has 7 heteroatoms. The number of Topliss-reactive ketones (excluding diaryl/α,β-unsaturated/α-hetero) is 2. The SMILES string of the molecule is CC(C)(C)Oc1oc(C(=O)OCN)c2c1C(=O)CC2=O. The van der Waals surface area contributed by atoms with Crippen molar-refractivity contribution in [1.29, 1.82) is 0 Å². The fourth-order valence-electron chi connectivity index (χ4n) is 1.89. The van der Waals surface area contributed by atoms with Gasteiger partial charge in [-0.15, -0.1) is 0 Å². The summed E-state index contributed by atoms with van der Waals surface area (Å²) in [6.07, 6.45) is -0.301. The molecule has 0 unspecified atom stereocenters. The van der Waals surface area contributed by atoms with Gasteiger partial charge in [0.2, 0.25) is 5.76 Å². The number of esters is 1. The molecule has 0 saturated carbocycles. The van der Waals surface area contributed by atoms with E-state index in [4.69, 9.17) is 14.9 Å². The number of ketones is 2. The molecular weight excluding hydrogens is 266 g/mol. The van der Waals surface area contributed by atoms with Crippen molar-refractivity contribution in [3.8, 4) is 5.95 Å². The number of furan rings is 1. The molecule has 0 aliphatic heterocycles. The van der Waals surface area contributed by atoms with Gasteiger partial charge in [0.05, 0.1) is 12.0 Å². The predicted molar refractivity (Wildman–Crippen MR) is 66.8 cm³/mol. The lowest BCUT2D eigenvalue weighted by Crippen LogP contribution is -2.23. The number of carbonyl (C=O) groups excluding carboxylic acids is 3. The van der Waals surface area contributed by atoms with Crippen LogP contribution in [0.15, 0.2) is 4.42 Å². The molecule has 1 aliphatic carbocycles. The summed E-state index contributed by atoms with van der Waals surface area (Å²) in [5.41, 5.74) is 4.40. The summed E-state index contributed by atoms with van der Waals surface area (Å²) in [5, 5.41) is 0. The molecular formula is C13H15NO6. The number of carbonyl (C=O) groups is 3. The fourth-order valence-corrected chi connectivity index (χ4v) is 1.89. The van der Waals surface area contributed by atoms with Crippen molar-refractivity contribution in [3.05, 3.63) is 16.9 Å². The van der Waals surface area contributed by atoms with Gasteiger partial charge in [0, 0.05) is 0 Å². The summed E-state index contributed by atoms with van der Waals surface area (Å²) in [6, 6.07) is 0. The Morgan fingerprint density at radius 1 is 1.25 bits per heavy atom. The van der Waals surface area contributed by atoms with E-state index < -0.39 is 23.1 Å². The number of fused-ring (bicyclic) bond motifs is 1. The maximum absolute atomic E-state index is 11.8. The maximum Gasteiger partial charge on any atom is 0.376 e. The van der Waals surface area contributed by atoms with Crippen molar-refractivity contribution in [1.82, 2.24) is 0 Å². The van der Waals surface area contributed by atoms with Crippen LogP contribution in [0, 0.1) is 0 Å². The zero-order chi connectivity index (χ0) is 15.1. The summed E-state index contributed by atoms with van der Waals surface area (Å²) in [5.74, 6) is -2.27. The van der Waals surface area contributed by atoms with Crippen molar-refractivity contribution >= 4 is 17.5 Å². The highest BCUT2D eigenvalue weighted by atomic mass is 16.6. The van der Waals surface area contributed by atoms with Crippen LogP contribution in [0.2, 0.25) is 0 Å². The molecule has 0 radical (unpaired) electrons. The lowest BCUT2D eigenvalue weighted by atomic mass is 10.1. The Labute approximate surface area is 115 Å². The van der Waals surface area contributed by atoms with Crippen LogP contribution in [0.3, 0.4) is 0 Å². The molecule has 0 fully saturated rings. The van der Waals surface area contributed by atoms with Crippen molar-refractivity contribution in [3.63, 3.8) is 0 Å². The standard InChI is InChI=1S/C13H15NO6/c1-13(2,3)20-12-9-7(16)4-6(15)8(9)10(19-12)11(17)18-5-14/h4-5,14H2,1-3H3. The molecule has 20 heavy (non-hydrogen) atoms. The van der Waals surface area contributed by atoms with Crippen LogP contribution in [0.4, 0.5) is 0 Å². The molecule has 1 heterocycles. The van der Waals surface area contributed by atoms with Gasteiger partial charge in [-0.2, -0.15) is 0 Å². The van der Waals surface area contributed by atoms with Gasteiger partial charge in [0.25, 0.3) is 5.95 Å². The summed E-state index contributed by atoms with van der Waals surface area (Å²) < 4.78 is 15.3. The first-order valence-electron chi connectivity index (χ1n) is 6.04. The smallest absolute Gasteiger partial charge is 0.376 e. The third kappa shape index (κ3) is 2.44. The van der Waals surface area contributed by atoms with Gasteiger partial charge in [0.15, 0.2) is 11.6 Å². The highest BCUT2D eigenvalue weighted by Crippen LogP contribution is 2.38. The molecule has 1 aromatic rings. The zero-order valence-electron chi connectivity index (χ0n) is 11.4. The lowest BCUT2D eigenvalue weighted by Gasteiger charge is -2.19. The van der Waals surface area contributed by atoms with Crippen molar-refractivity contribution in [2.75, 3.05) is 6.73 Å². The third-order valence-corrected chi connectivity index (χ3v) is 2.55. The predicted octanol–water partition coefficient (Wildman–Crippen LogP) is 1.30. The van der Waals surface area contributed by atoms with E-state index in [2.05, 4.69) is 4.74 Å². The lowest BCUT2D eigenvalue weighted by molar-refractivity contribution is 0.0441. The Kier molecular flexibility index (Phi) is 3.39. The van der Waals surface area contributed by atoms with Crippen LogP contribution < -0.4 is 10.5 Å². The Hall–Kier alpha value is -2.15. The highest BCUT2D eigenvalue weighted by Gasteiger charge is 2.41. The molecule has 0 amide bonds. The van der Waals surface area contributed by atoms with Crippen LogP contribution in [0.5, 0.6) is 5.95 Å². The largest absolute Gasteiger partial charge is 0.459 e. The van der Waals surface area contributed by atoms with E-state index in [9.17, 15) is 14.4 Å². The average Bonchev–Trinajstić information content (AvgIpc) is 2.78. The second kappa shape index (κ2) is 4.75. The van der Waals surface area contributed by atoms with Crippen molar-refractivity contribution in [2.45, 2.75) is 32.8 Å². The normalized spacial score (nSPS) is 14.4. The number of hydrogen-bond donors (Lipinski definition) is 1. The number of hydrogen-bond acceptors (Lipinski definition) is 7. The van der Waals surface area contributed by atoms with Gasteiger partial charge in [-0.05, 0) is 20.8 Å². The van der Waals surface area contributed by atoms with Gasteiger partial charge >= 0.3 is 5.97 Å². The number of rotatable bonds is 3. The number of nitrogens with two attached hydrogens (primary N) is 1. The van der Waals surface area contributed by atoms with Crippen LogP contribution in [0.1, 0.15) is 58.5 Å². The van der Waals surface area contributed by atoms with E-state index in [-0.39, 0.29) is 36.0 Å². The monoisotopic (exact) mass is 281 g/mol. The molecule has 108 valence electrons. The van der Waals surface area contributed by atoms with E-state index in [1.54, 1.807) is 20.8 Å². The van der Waals surface area contributed by atoms with Gasteiger partial charge in [0.1, 0.15) is 17.9 Å². The molecule has 0 bridgehead atoms. The molecule has 0 saturated heterocycles. The van der Waals surface area contributed by atoms with Gasteiger partial charge < -0.3 is 13.9 Å². The van der Waals surface area contributed by atoms with Gasteiger partial charge in [-0.3, -0.25) is 15.3 Å². The number of ether oxygens (including phenoxy) is 2. The Morgan fingerprint density at radius 2 is 1.85 bits per heavy atom. The molecule has 0 aromatic carbocycles. The molecule has 7 nitrogen and oxygen atoms in total. The molecule has 1 aromatic heterocycles. The van der Waals surface area contributed by atoms with Gasteiger partial charge in [-0.1, -0.05) is 0 Å². The quantitative estimate of drug-likeness (QED) is 0.505. The van der Waals surface area contributed by atoms with E-state index in [1.165, 1.54) is 0 Å². The minimum absolute atomic E-state index is 0.00824. The summed E-state index contributed by atoms with van der Waals surface area (Å²) in [4.78, 5) is 35.4. The van der Waals surface area contributed by atoms with Crippen LogP contribution in [-0.4, -0.2) is 29.9 Å². The topological polar surface area (TPSA) is 109 Å². The Balaban J connectivity index is 2.53. The Bertz CT molecular complexity index is 593.